The third-order valence-electron chi connectivity index (χ3n) is 5.58. The van der Waals surface area contributed by atoms with Gasteiger partial charge in [0.1, 0.15) is 0 Å². The van der Waals surface area contributed by atoms with E-state index in [9.17, 15) is 8.42 Å². The summed E-state index contributed by atoms with van der Waals surface area (Å²) in [6, 6.07) is 6.61. The zero-order chi connectivity index (χ0) is 19.7. The van der Waals surface area contributed by atoms with E-state index in [2.05, 4.69) is 40.4 Å². The normalized spacial score (nSPS) is 21.7. The van der Waals surface area contributed by atoms with Gasteiger partial charge in [0.25, 0.3) is 0 Å². The smallest absolute Gasteiger partial charge is 0.194 e. The fourth-order valence-corrected chi connectivity index (χ4v) is 5.22. The molecule has 0 aliphatic carbocycles. The average molecular weight is 393 g/mol. The number of benzene rings is 1. The predicted octanol–water partition coefficient (Wildman–Crippen LogP) is 2.04. The highest BCUT2D eigenvalue weighted by Gasteiger charge is 2.40. The molecule has 7 heteroatoms. The summed E-state index contributed by atoms with van der Waals surface area (Å²) in [5, 5.41) is 3.33. The number of anilines is 1. The van der Waals surface area contributed by atoms with Crippen LogP contribution in [-0.4, -0.2) is 63.0 Å². The van der Waals surface area contributed by atoms with Gasteiger partial charge in [-0.1, -0.05) is 12.1 Å². The maximum absolute atomic E-state index is 12.3. The fraction of sp³-hybridized carbons (Fsp3) is 0.650. The molecule has 1 aromatic rings. The molecule has 0 spiro atoms. The van der Waals surface area contributed by atoms with Gasteiger partial charge >= 0.3 is 0 Å². The Balaban J connectivity index is 1.77. The molecule has 0 amide bonds. The molecule has 150 valence electrons. The van der Waals surface area contributed by atoms with Gasteiger partial charge in [-0.25, -0.2) is 13.4 Å². The molecule has 0 aromatic heterocycles. The molecule has 0 unspecified atom stereocenters. The number of rotatable bonds is 3. The van der Waals surface area contributed by atoms with Crippen molar-refractivity contribution in [1.82, 2.24) is 10.2 Å². The van der Waals surface area contributed by atoms with Gasteiger partial charge in [0.05, 0.1) is 17.0 Å². The van der Waals surface area contributed by atoms with E-state index in [0.29, 0.717) is 19.6 Å². The number of aliphatic imine (C=N–C) groups is 1. The van der Waals surface area contributed by atoms with Crippen LogP contribution in [-0.2, 0) is 22.8 Å². The van der Waals surface area contributed by atoms with Gasteiger partial charge in [0, 0.05) is 38.9 Å². The Labute approximate surface area is 163 Å². The van der Waals surface area contributed by atoms with Gasteiger partial charge in [-0.05, 0) is 50.8 Å². The highest BCUT2D eigenvalue weighted by Crippen LogP contribution is 2.27. The van der Waals surface area contributed by atoms with Crippen molar-refractivity contribution in [2.45, 2.75) is 44.9 Å². The minimum absolute atomic E-state index is 0.176. The summed E-state index contributed by atoms with van der Waals surface area (Å²) in [5.74, 6) is 0.977. The number of hydrogen-bond donors (Lipinski definition) is 1. The largest absolute Gasteiger partial charge is 0.374 e. The molecule has 0 atom stereocenters. The molecule has 1 aromatic carbocycles. The van der Waals surface area contributed by atoms with Crippen LogP contribution in [0.1, 0.15) is 38.3 Å². The van der Waals surface area contributed by atoms with E-state index in [-0.39, 0.29) is 5.75 Å². The lowest BCUT2D eigenvalue weighted by atomic mass is 10.00. The predicted molar refractivity (Wildman–Crippen MR) is 112 cm³/mol. The average Bonchev–Trinajstić information content (AvgIpc) is 2.61. The zero-order valence-corrected chi connectivity index (χ0v) is 17.8. The third-order valence-corrected chi connectivity index (χ3v) is 8.12. The summed E-state index contributed by atoms with van der Waals surface area (Å²) in [6.07, 6.45) is 2.31. The Bertz CT molecular complexity index is 817. The SMILES string of the molecule is CCNC(=NCc1ccc2c(c1)CCCN2C)N1CCS(=O)(=O)C(C)(C)C1. The van der Waals surface area contributed by atoms with E-state index >= 15 is 0 Å². The summed E-state index contributed by atoms with van der Waals surface area (Å²) in [6.45, 7) is 9.08. The molecule has 1 N–H and O–H groups in total. The molecule has 1 saturated heterocycles. The van der Waals surface area contributed by atoms with E-state index in [1.807, 2.05) is 6.92 Å². The summed E-state index contributed by atoms with van der Waals surface area (Å²) in [7, 11) is -0.910. The molecular formula is C20H32N4O2S. The number of hydrogen-bond acceptors (Lipinski definition) is 4. The minimum Gasteiger partial charge on any atom is -0.374 e. The molecule has 1 fully saturated rings. The Hall–Kier alpha value is -1.76. The van der Waals surface area contributed by atoms with Crippen LogP contribution in [0.5, 0.6) is 0 Å². The van der Waals surface area contributed by atoms with E-state index in [0.717, 1.165) is 25.5 Å². The highest BCUT2D eigenvalue weighted by molar-refractivity contribution is 7.92. The lowest BCUT2D eigenvalue weighted by Gasteiger charge is -2.39. The third kappa shape index (κ3) is 4.23. The molecule has 27 heavy (non-hydrogen) atoms. The minimum atomic E-state index is -3.05. The topological polar surface area (TPSA) is 65.0 Å². The van der Waals surface area contributed by atoms with Crippen LogP contribution in [0, 0.1) is 0 Å². The molecular weight excluding hydrogens is 360 g/mol. The van der Waals surface area contributed by atoms with Gasteiger partial charge in [-0.2, -0.15) is 0 Å². The first kappa shape index (κ1) is 20.0. The summed E-state index contributed by atoms with van der Waals surface area (Å²) in [5.41, 5.74) is 3.92. The number of sulfone groups is 1. The Morgan fingerprint density at radius 1 is 1.30 bits per heavy atom. The number of nitrogens with zero attached hydrogens (tertiary/aromatic N) is 3. The standard InChI is InChI=1S/C20H32N4O2S/c1-5-21-19(24-11-12-27(25,26)20(2,3)15-24)22-14-16-8-9-18-17(13-16)7-6-10-23(18)4/h8-9,13H,5-7,10-12,14-15H2,1-4H3,(H,21,22). The van der Waals surface area contributed by atoms with E-state index in [1.165, 1.54) is 23.2 Å². The number of aryl methyl sites for hydroxylation is 1. The Morgan fingerprint density at radius 3 is 2.78 bits per heavy atom. The Kier molecular flexibility index (Phi) is 5.70. The first-order valence-corrected chi connectivity index (χ1v) is 11.5. The second-order valence-corrected chi connectivity index (χ2v) is 10.9. The van der Waals surface area contributed by atoms with Crippen molar-refractivity contribution >= 4 is 21.5 Å². The van der Waals surface area contributed by atoms with Crippen LogP contribution in [0.2, 0.25) is 0 Å². The van der Waals surface area contributed by atoms with Crippen molar-refractivity contribution in [3.05, 3.63) is 29.3 Å². The molecule has 3 rings (SSSR count). The van der Waals surface area contributed by atoms with Crippen molar-refractivity contribution in [1.29, 1.82) is 0 Å². The van der Waals surface area contributed by atoms with E-state index in [4.69, 9.17) is 4.99 Å². The lowest BCUT2D eigenvalue weighted by Crippen LogP contribution is -2.57. The summed E-state index contributed by atoms with van der Waals surface area (Å²) >= 11 is 0. The van der Waals surface area contributed by atoms with Crippen LogP contribution >= 0.6 is 0 Å². The molecule has 2 heterocycles. The second-order valence-electron chi connectivity index (χ2n) is 8.16. The van der Waals surface area contributed by atoms with Crippen molar-refractivity contribution < 1.29 is 8.42 Å². The monoisotopic (exact) mass is 392 g/mol. The highest BCUT2D eigenvalue weighted by atomic mass is 32.2. The molecule has 6 nitrogen and oxygen atoms in total. The quantitative estimate of drug-likeness (QED) is 0.630. The number of guanidine groups is 1. The van der Waals surface area contributed by atoms with Gasteiger partial charge < -0.3 is 15.1 Å². The van der Waals surface area contributed by atoms with Crippen LogP contribution < -0.4 is 10.2 Å². The van der Waals surface area contributed by atoms with Crippen LogP contribution in [0.3, 0.4) is 0 Å². The molecule has 0 saturated carbocycles. The van der Waals surface area contributed by atoms with Crippen LogP contribution in [0.4, 0.5) is 5.69 Å². The van der Waals surface area contributed by atoms with Gasteiger partial charge in [-0.3, -0.25) is 0 Å². The van der Waals surface area contributed by atoms with E-state index in [1.54, 1.807) is 13.8 Å². The second kappa shape index (κ2) is 7.70. The lowest BCUT2D eigenvalue weighted by molar-refractivity contribution is 0.353. The zero-order valence-electron chi connectivity index (χ0n) is 17.0. The fourth-order valence-electron chi connectivity index (χ4n) is 3.85. The van der Waals surface area contributed by atoms with Crippen molar-refractivity contribution in [2.24, 2.45) is 4.99 Å². The van der Waals surface area contributed by atoms with Crippen molar-refractivity contribution in [3.8, 4) is 0 Å². The molecule has 2 aliphatic heterocycles. The number of fused-ring (bicyclic) bond motifs is 1. The van der Waals surface area contributed by atoms with Crippen LogP contribution in [0.25, 0.3) is 0 Å². The van der Waals surface area contributed by atoms with Gasteiger partial charge in [0.2, 0.25) is 0 Å². The number of nitrogens with one attached hydrogen (secondary N) is 1. The van der Waals surface area contributed by atoms with E-state index < -0.39 is 14.6 Å². The summed E-state index contributed by atoms with van der Waals surface area (Å²) < 4.78 is 23.8. The molecule has 2 aliphatic rings. The first-order valence-electron chi connectivity index (χ1n) is 9.82. The van der Waals surface area contributed by atoms with Crippen LogP contribution in [0.15, 0.2) is 23.2 Å². The summed E-state index contributed by atoms with van der Waals surface area (Å²) in [4.78, 5) is 9.20. The van der Waals surface area contributed by atoms with Gasteiger partial charge in [0.15, 0.2) is 15.8 Å². The Morgan fingerprint density at radius 2 is 2.07 bits per heavy atom. The maximum atomic E-state index is 12.3. The van der Waals surface area contributed by atoms with Crippen molar-refractivity contribution in [2.75, 3.05) is 43.9 Å². The molecule has 0 radical (unpaired) electrons. The van der Waals surface area contributed by atoms with Crippen molar-refractivity contribution in [3.63, 3.8) is 0 Å². The first-order chi connectivity index (χ1) is 12.7. The van der Waals surface area contributed by atoms with Gasteiger partial charge in [-0.15, -0.1) is 0 Å². The molecule has 0 bridgehead atoms. The maximum Gasteiger partial charge on any atom is 0.194 e.